The maximum Gasteiger partial charge on any atom is 0.376 e. The van der Waals surface area contributed by atoms with Gasteiger partial charge in [0.1, 0.15) is 5.82 Å². The van der Waals surface area contributed by atoms with E-state index in [9.17, 15) is 9.59 Å². The van der Waals surface area contributed by atoms with E-state index in [1.54, 1.807) is 6.07 Å². The van der Waals surface area contributed by atoms with Crippen LogP contribution in [0.25, 0.3) is 0 Å². The van der Waals surface area contributed by atoms with Gasteiger partial charge in [-0.05, 0) is 18.9 Å². The van der Waals surface area contributed by atoms with E-state index in [1.165, 1.54) is 13.3 Å². The Morgan fingerprint density at radius 3 is 2.84 bits per heavy atom. The first-order valence-corrected chi connectivity index (χ1v) is 6.00. The van der Waals surface area contributed by atoms with Crippen molar-refractivity contribution in [1.82, 2.24) is 9.97 Å². The van der Waals surface area contributed by atoms with Gasteiger partial charge in [0.05, 0.1) is 7.11 Å². The summed E-state index contributed by atoms with van der Waals surface area (Å²) in [5.74, 6) is -0.788. The summed E-state index contributed by atoms with van der Waals surface area (Å²) < 4.78 is 4.52. The van der Waals surface area contributed by atoms with Crippen molar-refractivity contribution in [2.45, 2.75) is 25.7 Å². The quantitative estimate of drug-likeness (QED) is 0.541. The lowest BCUT2D eigenvalue weighted by Crippen LogP contribution is -2.10. The normalized spacial score (nSPS) is 9.95. The zero-order valence-electron chi connectivity index (χ0n) is 10.8. The number of nitrogens with one attached hydrogen (secondary N) is 1. The topological polar surface area (TPSA) is 101 Å². The van der Waals surface area contributed by atoms with Gasteiger partial charge in [-0.1, -0.05) is 6.42 Å². The van der Waals surface area contributed by atoms with Crippen molar-refractivity contribution in [3.8, 4) is 0 Å². The molecule has 2 N–H and O–H groups in total. The Morgan fingerprint density at radius 2 is 2.16 bits per heavy atom. The van der Waals surface area contributed by atoms with Crippen LogP contribution in [0, 0.1) is 0 Å². The number of carbonyl (C=O) groups excluding carboxylic acids is 1. The van der Waals surface area contributed by atoms with Crippen molar-refractivity contribution in [2.24, 2.45) is 0 Å². The van der Waals surface area contributed by atoms with Crippen LogP contribution in [0.3, 0.4) is 0 Å². The Morgan fingerprint density at radius 1 is 1.37 bits per heavy atom. The summed E-state index contributed by atoms with van der Waals surface area (Å²) in [7, 11) is 1.27. The SMILES string of the molecule is COC(=O)c1nccc(NCCCCCC(=O)O)n1. The number of carboxylic acids is 1. The van der Waals surface area contributed by atoms with Crippen LogP contribution in [0.15, 0.2) is 12.3 Å². The fourth-order valence-corrected chi connectivity index (χ4v) is 1.44. The summed E-state index contributed by atoms with van der Waals surface area (Å²) in [6, 6.07) is 1.66. The zero-order chi connectivity index (χ0) is 14.1. The molecular weight excluding hydrogens is 250 g/mol. The van der Waals surface area contributed by atoms with Crippen molar-refractivity contribution in [2.75, 3.05) is 19.0 Å². The number of carboxylic acid groups (broad SMARTS) is 1. The second-order valence-electron chi connectivity index (χ2n) is 3.89. The highest BCUT2D eigenvalue weighted by molar-refractivity contribution is 5.85. The van der Waals surface area contributed by atoms with Gasteiger partial charge in [-0.2, -0.15) is 0 Å². The summed E-state index contributed by atoms with van der Waals surface area (Å²) >= 11 is 0. The molecule has 0 unspecified atom stereocenters. The van der Waals surface area contributed by atoms with Gasteiger partial charge in [-0.25, -0.2) is 14.8 Å². The monoisotopic (exact) mass is 267 g/mol. The third-order valence-corrected chi connectivity index (χ3v) is 2.40. The van der Waals surface area contributed by atoms with E-state index < -0.39 is 11.9 Å². The predicted octanol–water partition coefficient (Wildman–Crippen LogP) is 1.32. The molecule has 0 aliphatic carbocycles. The van der Waals surface area contributed by atoms with E-state index in [0.29, 0.717) is 18.8 Å². The molecule has 1 aromatic heterocycles. The first-order valence-electron chi connectivity index (χ1n) is 6.00. The van der Waals surface area contributed by atoms with Gasteiger partial charge in [0.25, 0.3) is 0 Å². The predicted molar refractivity (Wildman–Crippen MR) is 68.0 cm³/mol. The highest BCUT2D eigenvalue weighted by Crippen LogP contribution is 2.05. The number of aromatic nitrogens is 2. The Kier molecular flexibility index (Phi) is 6.28. The maximum absolute atomic E-state index is 11.2. The van der Waals surface area contributed by atoms with Crippen LogP contribution in [0.4, 0.5) is 5.82 Å². The fraction of sp³-hybridized carbons (Fsp3) is 0.500. The number of unbranched alkanes of at least 4 members (excludes halogenated alkanes) is 2. The molecule has 1 heterocycles. The molecule has 0 aliphatic rings. The van der Waals surface area contributed by atoms with Crippen molar-refractivity contribution < 1.29 is 19.4 Å². The molecule has 0 bridgehead atoms. The Balaban J connectivity index is 2.29. The van der Waals surface area contributed by atoms with Gasteiger partial charge in [0.15, 0.2) is 0 Å². The molecule has 0 aromatic carbocycles. The molecule has 7 nitrogen and oxygen atoms in total. The second-order valence-corrected chi connectivity index (χ2v) is 3.89. The van der Waals surface area contributed by atoms with E-state index in [1.807, 2.05) is 0 Å². The van der Waals surface area contributed by atoms with E-state index in [-0.39, 0.29) is 12.2 Å². The van der Waals surface area contributed by atoms with Gasteiger partial charge >= 0.3 is 11.9 Å². The maximum atomic E-state index is 11.2. The number of aliphatic carboxylic acids is 1. The summed E-state index contributed by atoms with van der Waals surface area (Å²) in [4.78, 5) is 29.3. The molecule has 1 aromatic rings. The van der Waals surface area contributed by atoms with Gasteiger partial charge < -0.3 is 15.2 Å². The summed E-state index contributed by atoms with van der Waals surface area (Å²) in [5.41, 5.74) is 0. The van der Waals surface area contributed by atoms with Gasteiger partial charge in [-0.3, -0.25) is 4.79 Å². The van der Waals surface area contributed by atoms with Crippen LogP contribution in [0.2, 0.25) is 0 Å². The average molecular weight is 267 g/mol. The first kappa shape index (κ1) is 14.9. The number of anilines is 1. The molecule has 0 saturated heterocycles. The van der Waals surface area contributed by atoms with E-state index in [2.05, 4.69) is 20.0 Å². The van der Waals surface area contributed by atoms with Gasteiger partial charge in [-0.15, -0.1) is 0 Å². The van der Waals surface area contributed by atoms with E-state index in [4.69, 9.17) is 5.11 Å². The van der Waals surface area contributed by atoms with Crippen LogP contribution in [-0.2, 0) is 9.53 Å². The van der Waals surface area contributed by atoms with Crippen molar-refractivity contribution in [1.29, 1.82) is 0 Å². The molecule has 0 atom stereocenters. The summed E-state index contributed by atoms with van der Waals surface area (Å²) in [6.07, 6.45) is 4.00. The van der Waals surface area contributed by atoms with E-state index in [0.717, 1.165) is 12.8 Å². The van der Waals surface area contributed by atoms with Crippen LogP contribution >= 0.6 is 0 Å². The summed E-state index contributed by atoms with van der Waals surface area (Å²) in [6.45, 7) is 0.664. The lowest BCUT2D eigenvalue weighted by molar-refractivity contribution is -0.137. The largest absolute Gasteiger partial charge is 0.481 e. The van der Waals surface area contributed by atoms with Crippen LogP contribution < -0.4 is 5.32 Å². The average Bonchev–Trinajstić information content (AvgIpc) is 2.41. The minimum atomic E-state index is -0.772. The number of esters is 1. The van der Waals surface area contributed by atoms with Crippen LogP contribution in [0.5, 0.6) is 0 Å². The second kappa shape index (κ2) is 8.02. The molecule has 0 amide bonds. The molecule has 1 rings (SSSR count). The molecular formula is C12H17N3O4. The molecule has 0 radical (unpaired) electrons. The van der Waals surface area contributed by atoms with Crippen molar-refractivity contribution in [3.05, 3.63) is 18.1 Å². The standard InChI is InChI=1S/C12H17N3O4/c1-19-12(18)11-14-8-6-9(15-11)13-7-4-2-3-5-10(16)17/h6,8H,2-5,7H2,1H3,(H,16,17)(H,13,14,15). The number of hydrogen-bond donors (Lipinski definition) is 2. The van der Waals surface area contributed by atoms with E-state index >= 15 is 0 Å². The van der Waals surface area contributed by atoms with Gasteiger partial charge in [0.2, 0.25) is 5.82 Å². The molecule has 104 valence electrons. The number of hydrogen-bond acceptors (Lipinski definition) is 6. The number of nitrogens with zero attached hydrogens (tertiary/aromatic N) is 2. The number of ether oxygens (including phenoxy) is 1. The third kappa shape index (κ3) is 5.80. The van der Waals surface area contributed by atoms with Gasteiger partial charge in [0, 0.05) is 19.2 Å². The number of rotatable bonds is 8. The van der Waals surface area contributed by atoms with Crippen molar-refractivity contribution >= 4 is 17.8 Å². The molecule has 0 spiro atoms. The number of carbonyl (C=O) groups is 2. The molecule has 7 heteroatoms. The molecule has 0 fully saturated rings. The Bertz CT molecular complexity index is 437. The zero-order valence-corrected chi connectivity index (χ0v) is 10.8. The van der Waals surface area contributed by atoms with Crippen LogP contribution in [-0.4, -0.2) is 40.7 Å². The minimum Gasteiger partial charge on any atom is -0.481 e. The molecule has 0 aliphatic heterocycles. The lowest BCUT2D eigenvalue weighted by atomic mass is 10.2. The first-order chi connectivity index (χ1) is 9.13. The Hall–Kier alpha value is -2.18. The van der Waals surface area contributed by atoms with Crippen LogP contribution in [0.1, 0.15) is 36.3 Å². The molecule has 19 heavy (non-hydrogen) atoms. The molecule has 0 saturated carbocycles. The number of methoxy groups -OCH3 is 1. The third-order valence-electron chi connectivity index (χ3n) is 2.40. The summed E-state index contributed by atoms with van der Waals surface area (Å²) in [5, 5.41) is 11.5. The highest BCUT2D eigenvalue weighted by atomic mass is 16.5. The fourth-order valence-electron chi connectivity index (χ4n) is 1.44. The van der Waals surface area contributed by atoms with Crippen molar-refractivity contribution in [3.63, 3.8) is 0 Å². The smallest absolute Gasteiger partial charge is 0.376 e. The minimum absolute atomic E-state index is 0.0124. The highest BCUT2D eigenvalue weighted by Gasteiger charge is 2.08. The lowest BCUT2D eigenvalue weighted by Gasteiger charge is -2.05. The Labute approximate surface area is 111 Å².